The van der Waals surface area contributed by atoms with E-state index in [9.17, 15) is 22.4 Å². The number of anilines is 1. The van der Waals surface area contributed by atoms with Gasteiger partial charge in [0.2, 0.25) is 0 Å². The zero-order valence-electron chi connectivity index (χ0n) is 17.3. The number of rotatable bonds is 5. The fourth-order valence-corrected chi connectivity index (χ4v) is 3.46. The Morgan fingerprint density at radius 1 is 1.09 bits per heavy atom. The summed E-state index contributed by atoms with van der Waals surface area (Å²) >= 11 is 6.22. The molecule has 0 aliphatic heterocycles. The number of amides is 1. The van der Waals surface area contributed by atoms with Gasteiger partial charge in [-0.25, -0.2) is 9.37 Å². The van der Waals surface area contributed by atoms with Crippen LogP contribution in [-0.4, -0.2) is 33.0 Å². The van der Waals surface area contributed by atoms with Gasteiger partial charge >= 0.3 is 6.18 Å². The van der Waals surface area contributed by atoms with Gasteiger partial charge in [0.25, 0.3) is 5.91 Å². The highest BCUT2D eigenvalue weighted by molar-refractivity contribution is 6.34. The Labute approximate surface area is 195 Å². The Morgan fingerprint density at radius 3 is 2.47 bits per heavy atom. The fraction of sp³-hybridized carbons (Fsp3) is 0.0909. The lowest BCUT2D eigenvalue weighted by molar-refractivity contribution is -0.137. The van der Waals surface area contributed by atoms with E-state index in [2.05, 4.69) is 20.5 Å². The maximum Gasteiger partial charge on any atom is 0.420 e. The molecule has 2 aromatic carbocycles. The van der Waals surface area contributed by atoms with Crippen LogP contribution in [0.3, 0.4) is 0 Å². The molecule has 7 nitrogen and oxygen atoms in total. The number of carbonyl (C=O) groups excluding carboxylic acids is 1. The smallest absolute Gasteiger partial charge is 0.420 e. The molecule has 0 aliphatic carbocycles. The van der Waals surface area contributed by atoms with Gasteiger partial charge in [0, 0.05) is 11.1 Å². The van der Waals surface area contributed by atoms with Crippen LogP contribution in [0.25, 0.3) is 16.9 Å². The standard InChI is InChI=1S/C22H14ClF4N5O2/c1-34-19-5-3-2-4-13(19)14-9-17(23)15(10-18(14)24)21(33)31-12-8-16(22(25,26)27)20(28-11-12)32-29-6-7-30-32/h2-11H,1H3,(H,31,33). The Morgan fingerprint density at radius 2 is 1.79 bits per heavy atom. The number of pyridine rings is 1. The van der Waals surface area contributed by atoms with E-state index in [1.165, 1.54) is 25.6 Å². The molecule has 0 saturated carbocycles. The number of nitrogens with one attached hydrogen (secondary N) is 1. The second-order valence-electron chi connectivity index (χ2n) is 6.88. The Bertz CT molecular complexity index is 1360. The van der Waals surface area contributed by atoms with Crippen molar-refractivity contribution in [3.63, 3.8) is 0 Å². The van der Waals surface area contributed by atoms with Gasteiger partial charge in [-0.05, 0) is 24.3 Å². The van der Waals surface area contributed by atoms with Crippen molar-refractivity contribution in [2.75, 3.05) is 12.4 Å². The highest BCUT2D eigenvalue weighted by Gasteiger charge is 2.36. The number of nitrogens with zero attached hydrogens (tertiary/aromatic N) is 4. The summed E-state index contributed by atoms with van der Waals surface area (Å²) in [6.07, 6.45) is -1.42. The maximum atomic E-state index is 14.9. The Kier molecular flexibility index (Phi) is 6.20. The monoisotopic (exact) mass is 491 g/mol. The molecule has 2 aromatic heterocycles. The summed E-state index contributed by atoms with van der Waals surface area (Å²) in [6.45, 7) is 0. The molecule has 0 fully saturated rings. The normalized spacial score (nSPS) is 11.4. The predicted octanol–water partition coefficient (Wildman–Crippen LogP) is 5.40. The Hall–Kier alpha value is -3.99. The third kappa shape index (κ3) is 4.55. The molecule has 12 heteroatoms. The van der Waals surface area contributed by atoms with Crippen LogP contribution in [0.1, 0.15) is 15.9 Å². The van der Waals surface area contributed by atoms with Crippen LogP contribution in [0.4, 0.5) is 23.2 Å². The van der Waals surface area contributed by atoms with Crippen molar-refractivity contribution in [2.24, 2.45) is 0 Å². The first-order chi connectivity index (χ1) is 16.2. The SMILES string of the molecule is COc1ccccc1-c1cc(Cl)c(C(=O)Nc2cnc(-n3nccn3)c(C(F)(F)F)c2)cc1F. The van der Waals surface area contributed by atoms with Crippen molar-refractivity contribution in [3.8, 4) is 22.7 Å². The van der Waals surface area contributed by atoms with Crippen molar-refractivity contribution in [1.82, 2.24) is 20.0 Å². The van der Waals surface area contributed by atoms with E-state index in [0.717, 1.165) is 12.3 Å². The van der Waals surface area contributed by atoms with Crippen LogP contribution >= 0.6 is 11.6 Å². The summed E-state index contributed by atoms with van der Waals surface area (Å²) in [7, 11) is 1.43. The highest BCUT2D eigenvalue weighted by atomic mass is 35.5. The summed E-state index contributed by atoms with van der Waals surface area (Å²) in [5, 5.41) is 9.46. The third-order valence-electron chi connectivity index (χ3n) is 4.74. The second-order valence-corrected chi connectivity index (χ2v) is 7.28. The van der Waals surface area contributed by atoms with Crippen molar-refractivity contribution >= 4 is 23.2 Å². The van der Waals surface area contributed by atoms with Crippen LogP contribution in [0, 0.1) is 5.82 Å². The van der Waals surface area contributed by atoms with Gasteiger partial charge in [-0.15, -0.1) is 4.80 Å². The quantitative estimate of drug-likeness (QED) is 0.378. The van der Waals surface area contributed by atoms with E-state index >= 15 is 0 Å². The molecule has 1 N–H and O–H groups in total. The number of para-hydroxylation sites is 1. The lowest BCUT2D eigenvalue weighted by atomic mass is 10.0. The molecule has 0 aliphatic rings. The van der Waals surface area contributed by atoms with Gasteiger partial charge in [0.1, 0.15) is 17.1 Å². The average Bonchev–Trinajstić information content (AvgIpc) is 3.34. The summed E-state index contributed by atoms with van der Waals surface area (Å²) < 4.78 is 60.8. The van der Waals surface area contributed by atoms with Gasteiger partial charge in [0.15, 0.2) is 5.82 Å². The summed E-state index contributed by atoms with van der Waals surface area (Å²) in [5.74, 6) is -1.86. The van der Waals surface area contributed by atoms with Crippen LogP contribution in [0.5, 0.6) is 5.75 Å². The van der Waals surface area contributed by atoms with Gasteiger partial charge < -0.3 is 10.1 Å². The number of alkyl halides is 3. The number of hydrogen-bond acceptors (Lipinski definition) is 5. The van der Waals surface area contributed by atoms with Crippen LogP contribution in [0.2, 0.25) is 5.02 Å². The molecule has 0 radical (unpaired) electrons. The largest absolute Gasteiger partial charge is 0.496 e. The minimum absolute atomic E-state index is 0.0936. The topological polar surface area (TPSA) is 81.9 Å². The minimum Gasteiger partial charge on any atom is -0.496 e. The summed E-state index contributed by atoms with van der Waals surface area (Å²) in [5.41, 5.74) is -1.22. The zero-order valence-corrected chi connectivity index (χ0v) is 18.0. The van der Waals surface area contributed by atoms with Gasteiger partial charge in [-0.1, -0.05) is 29.8 Å². The van der Waals surface area contributed by atoms with E-state index in [1.807, 2.05) is 0 Å². The molecule has 4 rings (SSSR count). The second kappa shape index (κ2) is 9.10. The van der Waals surface area contributed by atoms with Gasteiger partial charge in [0.05, 0.1) is 42.0 Å². The van der Waals surface area contributed by atoms with Crippen molar-refractivity contribution in [2.45, 2.75) is 6.18 Å². The van der Waals surface area contributed by atoms with E-state index in [1.54, 1.807) is 24.3 Å². The van der Waals surface area contributed by atoms with Crippen LogP contribution in [-0.2, 0) is 6.18 Å². The van der Waals surface area contributed by atoms with E-state index in [-0.39, 0.29) is 21.8 Å². The molecular weight excluding hydrogens is 478 g/mol. The molecular formula is C22H14ClF4N5O2. The molecule has 0 saturated heterocycles. The fourth-order valence-electron chi connectivity index (χ4n) is 3.21. The predicted molar refractivity (Wildman–Crippen MR) is 116 cm³/mol. The number of carbonyl (C=O) groups is 1. The first kappa shape index (κ1) is 23.2. The average molecular weight is 492 g/mol. The highest BCUT2D eigenvalue weighted by Crippen LogP contribution is 2.36. The number of methoxy groups -OCH3 is 1. The Balaban J connectivity index is 1.66. The summed E-state index contributed by atoms with van der Waals surface area (Å²) in [4.78, 5) is 17.1. The van der Waals surface area contributed by atoms with Crippen LogP contribution < -0.4 is 10.1 Å². The number of halogens is 5. The van der Waals surface area contributed by atoms with E-state index in [0.29, 0.717) is 22.2 Å². The number of hydrogen-bond donors (Lipinski definition) is 1. The first-order valence-corrected chi connectivity index (χ1v) is 9.94. The van der Waals surface area contributed by atoms with Gasteiger partial charge in [-0.3, -0.25) is 4.79 Å². The third-order valence-corrected chi connectivity index (χ3v) is 5.05. The van der Waals surface area contributed by atoms with E-state index in [4.69, 9.17) is 16.3 Å². The molecule has 34 heavy (non-hydrogen) atoms. The van der Waals surface area contributed by atoms with Gasteiger partial charge in [-0.2, -0.15) is 23.4 Å². The summed E-state index contributed by atoms with van der Waals surface area (Å²) in [6, 6.07) is 9.47. The van der Waals surface area contributed by atoms with Crippen molar-refractivity contribution in [1.29, 1.82) is 0 Å². The van der Waals surface area contributed by atoms with Crippen LogP contribution in [0.15, 0.2) is 61.1 Å². The molecule has 1 amide bonds. The molecule has 0 unspecified atom stereocenters. The molecule has 0 spiro atoms. The van der Waals surface area contributed by atoms with E-state index < -0.39 is 29.3 Å². The lowest BCUT2D eigenvalue weighted by Gasteiger charge is -2.14. The molecule has 0 atom stereocenters. The molecule has 2 heterocycles. The maximum absolute atomic E-state index is 14.9. The molecule has 0 bridgehead atoms. The lowest BCUT2D eigenvalue weighted by Crippen LogP contribution is -2.17. The number of ether oxygens (including phenoxy) is 1. The minimum atomic E-state index is -4.81. The number of aromatic nitrogens is 4. The first-order valence-electron chi connectivity index (χ1n) is 9.56. The number of benzene rings is 2. The van der Waals surface area contributed by atoms with Crippen molar-refractivity contribution in [3.05, 3.63) is 83.0 Å². The zero-order chi connectivity index (χ0) is 24.5. The molecule has 4 aromatic rings. The molecule has 174 valence electrons. The van der Waals surface area contributed by atoms with Crippen molar-refractivity contribution < 1.29 is 27.1 Å².